The summed E-state index contributed by atoms with van der Waals surface area (Å²) in [6.07, 6.45) is 2.21. The number of aliphatic hydroxyl groups excluding tert-OH is 1. The molecule has 1 aromatic heterocycles. The summed E-state index contributed by atoms with van der Waals surface area (Å²) >= 11 is 0. The van der Waals surface area contributed by atoms with Crippen LogP contribution in [0.25, 0.3) is 0 Å². The molecule has 1 heterocycles. The van der Waals surface area contributed by atoms with E-state index in [0.717, 1.165) is 12.0 Å². The van der Waals surface area contributed by atoms with Crippen molar-refractivity contribution in [1.82, 2.24) is 15.2 Å². The zero-order valence-electron chi connectivity index (χ0n) is 7.12. The minimum atomic E-state index is -0.597. The van der Waals surface area contributed by atoms with Gasteiger partial charge < -0.3 is 5.11 Å². The van der Waals surface area contributed by atoms with Gasteiger partial charge in [-0.05, 0) is 6.42 Å². The molecule has 0 aliphatic heterocycles. The van der Waals surface area contributed by atoms with Gasteiger partial charge in [0, 0.05) is 6.42 Å². The molecule has 1 atom stereocenters. The summed E-state index contributed by atoms with van der Waals surface area (Å²) in [5.74, 6) is 0.504. The maximum atomic E-state index is 9.52. The van der Waals surface area contributed by atoms with Gasteiger partial charge >= 0.3 is 0 Å². The topological polar surface area (TPSA) is 61.8 Å². The van der Waals surface area contributed by atoms with E-state index in [1.165, 1.54) is 6.33 Å². The highest BCUT2D eigenvalue weighted by atomic mass is 16.3. The summed E-state index contributed by atoms with van der Waals surface area (Å²) in [4.78, 5) is 3.85. The van der Waals surface area contributed by atoms with Crippen LogP contribution < -0.4 is 0 Å². The highest BCUT2D eigenvalue weighted by Crippen LogP contribution is 2.17. The lowest BCUT2D eigenvalue weighted by molar-refractivity contribution is 0.168. The number of rotatable bonds is 4. The molecule has 1 rings (SSSR count). The Hall–Kier alpha value is -1.16. The van der Waals surface area contributed by atoms with E-state index in [4.69, 9.17) is 0 Å². The van der Waals surface area contributed by atoms with Crippen LogP contribution in [0.3, 0.4) is 0 Å². The predicted octanol–water partition coefficient (Wildman–Crippen LogP) is 1.19. The SMILES string of the molecule is C=C(CC)CC(O)c1ncn[nH]1. The normalized spacial score (nSPS) is 12.8. The van der Waals surface area contributed by atoms with E-state index in [-0.39, 0.29) is 0 Å². The lowest BCUT2D eigenvalue weighted by atomic mass is 10.1. The fourth-order valence-corrected chi connectivity index (χ4v) is 0.890. The van der Waals surface area contributed by atoms with E-state index < -0.39 is 6.10 Å². The summed E-state index contributed by atoms with van der Waals surface area (Å²) in [5, 5.41) is 15.8. The molecule has 0 saturated heterocycles. The lowest BCUT2D eigenvalue weighted by Crippen LogP contribution is -2.00. The van der Waals surface area contributed by atoms with Crippen molar-refractivity contribution in [2.75, 3.05) is 0 Å². The van der Waals surface area contributed by atoms with Crippen LogP contribution in [-0.4, -0.2) is 20.3 Å². The molecule has 4 nitrogen and oxygen atoms in total. The zero-order valence-corrected chi connectivity index (χ0v) is 7.12. The number of H-pyrrole nitrogens is 1. The van der Waals surface area contributed by atoms with Crippen molar-refractivity contribution in [2.45, 2.75) is 25.9 Å². The van der Waals surface area contributed by atoms with Gasteiger partial charge in [-0.3, -0.25) is 5.10 Å². The number of nitrogens with zero attached hydrogens (tertiary/aromatic N) is 2. The highest BCUT2D eigenvalue weighted by Gasteiger charge is 2.10. The van der Waals surface area contributed by atoms with Gasteiger partial charge in [0.15, 0.2) is 5.82 Å². The monoisotopic (exact) mass is 167 g/mol. The predicted molar refractivity (Wildman–Crippen MR) is 45.4 cm³/mol. The third kappa shape index (κ3) is 2.17. The molecule has 0 bridgehead atoms. The molecule has 1 aromatic rings. The molecule has 12 heavy (non-hydrogen) atoms. The first-order valence-electron chi connectivity index (χ1n) is 3.94. The molecule has 0 aliphatic rings. The number of aromatic amines is 1. The Balaban J connectivity index is 2.49. The Bertz CT molecular complexity index is 243. The molecule has 0 aliphatic carbocycles. The number of aliphatic hydroxyl groups is 1. The van der Waals surface area contributed by atoms with Crippen LogP contribution >= 0.6 is 0 Å². The Morgan fingerprint density at radius 1 is 1.83 bits per heavy atom. The van der Waals surface area contributed by atoms with Crippen molar-refractivity contribution >= 4 is 0 Å². The Morgan fingerprint density at radius 3 is 3.08 bits per heavy atom. The summed E-state index contributed by atoms with van der Waals surface area (Å²) in [7, 11) is 0. The second-order valence-corrected chi connectivity index (χ2v) is 2.69. The highest BCUT2D eigenvalue weighted by molar-refractivity contribution is 4.99. The molecular formula is C8H13N3O. The van der Waals surface area contributed by atoms with Crippen molar-refractivity contribution < 1.29 is 5.11 Å². The summed E-state index contributed by atoms with van der Waals surface area (Å²) < 4.78 is 0. The fraction of sp³-hybridized carbons (Fsp3) is 0.500. The van der Waals surface area contributed by atoms with Crippen LogP contribution in [0.4, 0.5) is 0 Å². The maximum Gasteiger partial charge on any atom is 0.153 e. The Kier molecular flexibility index (Phi) is 2.99. The number of hydrogen-bond donors (Lipinski definition) is 2. The van der Waals surface area contributed by atoms with Gasteiger partial charge in [-0.15, -0.1) is 0 Å². The third-order valence-electron chi connectivity index (χ3n) is 1.73. The minimum Gasteiger partial charge on any atom is -0.385 e. The van der Waals surface area contributed by atoms with E-state index >= 15 is 0 Å². The van der Waals surface area contributed by atoms with Gasteiger partial charge in [0.05, 0.1) is 0 Å². The lowest BCUT2D eigenvalue weighted by Gasteiger charge is -2.07. The molecule has 0 amide bonds. The van der Waals surface area contributed by atoms with E-state index in [1.54, 1.807) is 0 Å². The number of hydrogen-bond acceptors (Lipinski definition) is 3. The van der Waals surface area contributed by atoms with Gasteiger partial charge in [-0.25, -0.2) is 4.98 Å². The summed E-state index contributed by atoms with van der Waals surface area (Å²) in [6.45, 7) is 5.81. The second-order valence-electron chi connectivity index (χ2n) is 2.69. The first-order valence-corrected chi connectivity index (χ1v) is 3.94. The molecule has 0 fully saturated rings. The van der Waals surface area contributed by atoms with Crippen LogP contribution in [-0.2, 0) is 0 Å². The van der Waals surface area contributed by atoms with E-state index in [0.29, 0.717) is 12.2 Å². The number of aromatic nitrogens is 3. The Labute approximate surface area is 71.3 Å². The largest absolute Gasteiger partial charge is 0.385 e. The molecule has 1 unspecified atom stereocenters. The van der Waals surface area contributed by atoms with Crippen molar-refractivity contribution in [2.24, 2.45) is 0 Å². The molecule has 4 heteroatoms. The molecule has 0 saturated carbocycles. The average Bonchev–Trinajstić information content (AvgIpc) is 2.56. The van der Waals surface area contributed by atoms with Crippen LogP contribution in [0.1, 0.15) is 31.7 Å². The van der Waals surface area contributed by atoms with Gasteiger partial charge in [-0.2, -0.15) is 5.10 Å². The zero-order chi connectivity index (χ0) is 8.97. The molecule has 0 radical (unpaired) electrons. The van der Waals surface area contributed by atoms with Gasteiger partial charge in [0.1, 0.15) is 12.4 Å². The van der Waals surface area contributed by atoms with E-state index in [2.05, 4.69) is 21.8 Å². The van der Waals surface area contributed by atoms with Crippen molar-refractivity contribution in [3.05, 3.63) is 24.3 Å². The molecule has 66 valence electrons. The average molecular weight is 167 g/mol. The molecular weight excluding hydrogens is 154 g/mol. The van der Waals surface area contributed by atoms with Crippen LogP contribution in [0.2, 0.25) is 0 Å². The van der Waals surface area contributed by atoms with E-state index in [9.17, 15) is 5.11 Å². The second kappa shape index (κ2) is 4.01. The summed E-state index contributed by atoms with van der Waals surface area (Å²) in [6, 6.07) is 0. The van der Waals surface area contributed by atoms with Crippen LogP contribution in [0.15, 0.2) is 18.5 Å². The van der Waals surface area contributed by atoms with Crippen molar-refractivity contribution in [3.63, 3.8) is 0 Å². The maximum absolute atomic E-state index is 9.52. The molecule has 0 aromatic carbocycles. The number of nitrogens with one attached hydrogen (secondary N) is 1. The van der Waals surface area contributed by atoms with Crippen LogP contribution in [0.5, 0.6) is 0 Å². The standard InChI is InChI=1S/C8H13N3O/c1-3-6(2)4-7(12)8-9-5-10-11-8/h5,7,12H,2-4H2,1H3,(H,9,10,11). The fourth-order valence-electron chi connectivity index (χ4n) is 0.890. The smallest absolute Gasteiger partial charge is 0.153 e. The first kappa shape index (κ1) is 8.93. The van der Waals surface area contributed by atoms with Crippen molar-refractivity contribution in [1.29, 1.82) is 0 Å². The molecule has 2 N–H and O–H groups in total. The first-order chi connectivity index (χ1) is 5.74. The van der Waals surface area contributed by atoms with Gasteiger partial charge in [0.2, 0.25) is 0 Å². The quantitative estimate of drug-likeness (QED) is 0.662. The molecule has 0 spiro atoms. The summed E-state index contributed by atoms with van der Waals surface area (Å²) in [5.41, 5.74) is 1.01. The van der Waals surface area contributed by atoms with E-state index in [1.807, 2.05) is 6.92 Å². The van der Waals surface area contributed by atoms with Crippen molar-refractivity contribution in [3.8, 4) is 0 Å². The Morgan fingerprint density at radius 2 is 2.58 bits per heavy atom. The van der Waals surface area contributed by atoms with Gasteiger partial charge in [-0.1, -0.05) is 19.1 Å². The third-order valence-corrected chi connectivity index (χ3v) is 1.73. The van der Waals surface area contributed by atoms with Gasteiger partial charge in [0.25, 0.3) is 0 Å². The van der Waals surface area contributed by atoms with Crippen LogP contribution in [0, 0.1) is 0 Å². The minimum absolute atomic E-state index is 0.504.